The smallest absolute Gasteiger partial charge is 0.310 e. The molecule has 4 heteroatoms. The van der Waals surface area contributed by atoms with Gasteiger partial charge in [0, 0.05) is 6.04 Å². The number of esters is 1. The summed E-state index contributed by atoms with van der Waals surface area (Å²) in [7, 11) is 0. The van der Waals surface area contributed by atoms with Gasteiger partial charge in [0.15, 0.2) is 0 Å². The quantitative estimate of drug-likeness (QED) is 0.760. The summed E-state index contributed by atoms with van der Waals surface area (Å²) in [6, 6.07) is 0.0257. The van der Waals surface area contributed by atoms with E-state index in [0.29, 0.717) is 6.61 Å². The lowest BCUT2D eigenvalue weighted by Gasteiger charge is -2.26. The third-order valence-corrected chi connectivity index (χ3v) is 2.41. The first-order valence-electron chi connectivity index (χ1n) is 4.68. The minimum atomic E-state index is -0.107. The molecule has 0 bridgehead atoms. The third kappa shape index (κ3) is 3.65. The minimum absolute atomic E-state index is 0. The van der Waals surface area contributed by atoms with Crippen molar-refractivity contribution in [1.82, 2.24) is 0 Å². The number of halogens is 1. The number of hydrogen-bond donors (Lipinski definition) is 1. The molecule has 0 saturated heterocycles. The highest BCUT2D eigenvalue weighted by atomic mass is 79.9. The molecule has 2 unspecified atom stereocenters. The fourth-order valence-corrected chi connectivity index (χ4v) is 1.70. The van der Waals surface area contributed by atoms with Crippen molar-refractivity contribution >= 4 is 23.0 Å². The molecule has 0 spiro atoms. The number of carbonyl (C=O) groups excluding carboxylic acids is 1. The first-order chi connectivity index (χ1) is 5.75. The normalized spacial score (nSPS) is 27.5. The Morgan fingerprint density at radius 3 is 2.62 bits per heavy atom. The van der Waals surface area contributed by atoms with Gasteiger partial charge in [0.2, 0.25) is 0 Å². The molecule has 78 valence electrons. The lowest BCUT2D eigenvalue weighted by molar-refractivity contribution is -0.149. The van der Waals surface area contributed by atoms with E-state index in [1.807, 2.05) is 6.92 Å². The van der Waals surface area contributed by atoms with Crippen molar-refractivity contribution in [1.29, 1.82) is 0 Å². The highest BCUT2D eigenvalue weighted by molar-refractivity contribution is 8.93. The zero-order valence-electron chi connectivity index (χ0n) is 7.99. The van der Waals surface area contributed by atoms with Gasteiger partial charge in [-0.2, -0.15) is 0 Å². The Labute approximate surface area is 89.8 Å². The molecule has 3 nitrogen and oxygen atoms in total. The predicted octanol–water partition coefficient (Wildman–Crippen LogP) is 1.64. The van der Waals surface area contributed by atoms with Crippen molar-refractivity contribution in [2.24, 2.45) is 11.7 Å². The average molecular weight is 252 g/mol. The minimum Gasteiger partial charge on any atom is -0.466 e. The molecule has 1 aliphatic rings. The van der Waals surface area contributed by atoms with Crippen LogP contribution in [0, 0.1) is 5.92 Å². The molecule has 13 heavy (non-hydrogen) atoms. The molecule has 0 aromatic heterocycles. The zero-order valence-corrected chi connectivity index (χ0v) is 9.71. The first kappa shape index (κ1) is 12.9. The molecule has 1 aliphatic carbocycles. The number of nitrogens with two attached hydrogens (primary N) is 1. The maximum atomic E-state index is 11.3. The van der Waals surface area contributed by atoms with Crippen LogP contribution in [0.25, 0.3) is 0 Å². The van der Waals surface area contributed by atoms with Gasteiger partial charge in [-0.3, -0.25) is 4.79 Å². The van der Waals surface area contributed by atoms with Crippen molar-refractivity contribution in [2.45, 2.75) is 38.6 Å². The Morgan fingerprint density at radius 1 is 1.46 bits per heavy atom. The summed E-state index contributed by atoms with van der Waals surface area (Å²) < 4.78 is 4.93. The number of hydrogen-bond acceptors (Lipinski definition) is 3. The van der Waals surface area contributed by atoms with E-state index in [1.165, 1.54) is 0 Å². The molecule has 1 rings (SSSR count). The summed E-state index contributed by atoms with van der Waals surface area (Å²) in [5.74, 6) is -0.150. The standard InChI is InChI=1S/C9H17NO2.BrH/c1-2-12-9(11)7-5-3-4-6-8(7)10;/h7-8H,2-6,10H2,1H3;1H. The van der Waals surface area contributed by atoms with Crippen molar-refractivity contribution in [2.75, 3.05) is 6.61 Å². The second-order valence-corrected chi connectivity index (χ2v) is 3.31. The number of carbonyl (C=O) groups is 1. The van der Waals surface area contributed by atoms with E-state index < -0.39 is 0 Å². The maximum absolute atomic E-state index is 11.3. The van der Waals surface area contributed by atoms with Crippen LogP contribution in [0.2, 0.25) is 0 Å². The van der Waals surface area contributed by atoms with Crippen molar-refractivity contribution in [3.63, 3.8) is 0 Å². The molecule has 0 aliphatic heterocycles. The van der Waals surface area contributed by atoms with Gasteiger partial charge in [0.05, 0.1) is 12.5 Å². The van der Waals surface area contributed by atoms with Gasteiger partial charge in [0.25, 0.3) is 0 Å². The Morgan fingerprint density at radius 2 is 2.08 bits per heavy atom. The van der Waals surface area contributed by atoms with Gasteiger partial charge in [-0.1, -0.05) is 12.8 Å². The second-order valence-electron chi connectivity index (χ2n) is 3.31. The first-order valence-corrected chi connectivity index (χ1v) is 4.68. The number of ether oxygens (including phenoxy) is 1. The van der Waals surface area contributed by atoms with Crippen molar-refractivity contribution < 1.29 is 9.53 Å². The SMILES string of the molecule is Br.CCOC(=O)C1CCCCC1N. The van der Waals surface area contributed by atoms with Crippen LogP contribution in [0.15, 0.2) is 0 Å². The van der Waals surface area contributed by atoms with Gasteiger partial charge < -0.3 is 10.5 Å². The van der Waals surface area contributed by atoms with Crippen molar-refractivity contribution in [3.05, 3.63) is 0 Å². The summed E-state index contributed by atoms with van der Waals surface area (Å²) in [4.78, 5) is 11.3. The van der Waals surface area contributed by atoms with Crippen LogP contribution in [-0.4, -0.2) is 18.6 Å². The highest BCUT2D eigenvalue weighted by Crippen LogP contribution is 2.23. The zero-order chi connectivity index (χ0) is 8.97. The van der Waals surface area contributed by atoms with Crippen molar-refractivity contribution in [3.8, 4) is 0 Å². The molecular formula is C9H18BrNO2. The van der Waals surface area contributed by atoms with Crippen LogP contribution >= 0.6 is 17.0 Å². The lowest BCUT2D eigenvalue weighted by Crippen LogP contribution is -2.38. The van der Waals surface area contributed by atoms with Crippen LogP contribution in [-0.2, 0) is 9.53 Å². The van der Waals surface area contributed by atoms with E-state index in [9.17, 15) is 4.79 Å². The molecular weight excluding hydrogens is 234 g/mol. The van der Waals surface area contributed by atoms with Crippen LogP contribution in [0.5, 0.6) is 0 Å². The fraction of sp³-hybridized carbons (Fsp3) is 0.889. The Bertz CT molecular complexity index is 164. The molecule has 0 radical (unpaired) electrons. The van der Waals surface area contributed by atoms with Gasteiger partial charge in [-0.25, -0.2) is 0 Å². The van der Waals surface area contributed by atoms with E-state index in [-0.39, 0.29) is 34.9 Å². The molecule has 0 aromatic carbocycles. The Balaban J connectivity index is 0.00000144. The largest absolute Gasteiger partial charge is 0.466 e. The van der Waals surface area contributed by atoms with Crippen LogP contribution in [0.3, 0.4) is 0 Å². The molecule has 0 aromatic rings. The van der Waals surface area contributed by atoms with Crippen LogP contribution < -0.4 is 5.73 Å². The predicted molar refractivity (Wildman–Crippen MR) is 56.9 cm³/mol. The average Bonchev–Trinajstić information content (AvgIpc) is 2.05. The molecule has 2 atom stereocenters. The van der Waals surface area contributed by atoms with Gasteiger partial charge in [-0.05, 0) is 19.8 Å². The Kier molecular flexibility index (Phi) is 6.33. The van der Waals surface area contributed by atoms with E-state index >= 15 is 0 Å². The topological polar surface area (TPSA) is 52.3 Å². The van der Waals surface area contributed by atoms with Gasteiger partial charge in [-0.15, -0.1) is 17.0 Å². The van der Waals surface area contributed by atoms with E-state index in [4.69, 9.17) is 10.5 Å². The molecule has 1 saturated carbocycles. The van der Waals surface area contributed by atoms with Crippen LogP contribution in [0.1, 0.15) is 32.6 Å². The Hall–Kier alpha value is -0.0900. The summed E-state index contributed by atoms with van der Waals surface area (Å²) in [6.45, 7) is 2.29. The summed E-state index contributed by atoms with van der Waals surface area (Å²) in [5.41, 5.74) is 5.81. The number of rotatable bonds is 2. The molecule has 0 amide bonds. The lowest BCUT2D eigenvalue weighted by atomic mass is 9.85. The molecule has 1 fully saturated rings. The third-order valence-electron chi connectivity index (χ3n) is 2.41. The van der Waals surface area contributed by atoms with Crippen LogP contribution in [0.4, 0.5) is 0 Å². The summed E-state index contributed by atoms with van der Waals surface area (Å²) in [6.07, 6.45) is 4.12. The second kappa shape index (κ2) is 6.38. The summed E-state index contributed by atoms with van der Waals surface area (Å²) >= 11 is 0. The highest BCUT2D eigenvalue weighted by Gasteiger charge is 2.28. The molecule has 2 N–H and O–H groups in total. The fourth-order valence-electron chi connectivity index (χ4n) is 1.70. The van der Waals surface area contributed by atoms with E-state index in [0.717, 1.165) is 25.7 Å². The summed E-state index contributed by atoms with van der Waals surface area (Å²) in [5, 5.41) is 0. The van der Waals surface area contributed by atoms with Gasteiger partial charge in [0.1, 0.15) is 0 Å². The monoisotopic (exact) mass is 251 g/mol. The van der Waals surface area contributed by atoms with Gasteiger partial charge >= 0.3 is 5.97 Å². The van der Waals surface area contributed by atoms with E-state index in [1.54, 1.807) is 0 Å². The van der Waals surface area contributed by atoms with E-state index in [2.05, 4.69) is 0 Å². The molecule has 0 heterocycles. The maximum Gasteiger partial charge on any atom is 0.310 e.